The van der Waals surface area contributed by atoms with Gasteiger partial charge in [0.25, 0.3) is 5.91 Å². The van der Waals surface area contributed by atoms with E-state index < -0.39 is 0 Å². The molecular weight excluding hydrogens is 292 g/mol. The van der Waals surface area contributed by atoms with Crippen molar-refractivity contribution in [3.05, 3.63) is 53.6 Å². The van der Waals surface area contributed by atoms with E-state index in [2.05, 4.69) is 10.6 Å². The molecule has 5 heteroatoms. The Balaban J connectivity index is 2.18. The number of aryl methyl sites for hydroxylation is 1. The fourth-order valence-electron chi connectivity index (χ4n) is 2.08. The van der Waals surface area contributed by atoms with Gasteiger partial charge in [-0.15, -0.1) is 0 Å². The molecule has 0 bridgehead atoms. The number of nitrogens with one attached hydrogen (secondary N) is 2. The van der Waals surface area contributed by atoms with Gasteiger partial charge in [0.1, 0.15) is 5.75 Å². The Bertz CT molecular complexity index is 726. The van der Waals surface area contributed by atoms with E-state index in [1.165, 1.54) is 0 Å². The summed E-state index contributed by atoms with van der Waals surface area (Å²) in [4.78, 5) is 23.8. The number of carbonyl (C=O) groups excluding carboxylic acids is 2. The summed E-state index contributed by atoms with van der Waals surface area (Å²) < 4.78 is 5.28. The number of hydrogen-bond donors (Lipinski definition) is 2. The summed E-state index contributed by atoms with van der Waals surface area (Å²) in [7, 11) is 1.56. The van der Waals surface area contributed by atoms with Crippen LogP contribution in [0, 0.1) is 6.92 Å². The predicted octanol–water partition coefficient (Wildman–Crippen LogP) is 3.60. The minimum absolute atomic E-state index is 0.0947. The molecule has 2 amide bonds. The molecule has 2 rings (SSSR count). The monoisotopic (exact) mass is 312 g/mol. The number of anilines is 2. The van der Waals surface area contributed by atoms with Crippen molar-refractivity contribution in [1.29, 1.82) is 0 Å². The Morgan fingerprint density at radius 3 is 2.57 bits per heavy atom. The quantitative estimate of drug-likeness (QED) is 0.886. The Morgan fingerprint density at radius 1 is 1.09 bits per heavy atom. The fraction of sp³-hybridized carbons (Fsp3) is 0.222. The standard InChI is InChI=1S/C18H20N2O3/c1-4-17(21)19-14-7-5-6-13(11-14)18(22)20-15-9-8-12(2)10-16(15)23-3/h5-11H,4H2,1-3H3,(H,19,21)(H,20,22). The molecule has 0 heterocycles. The van der Waals surface area contributed by atoms with E-state index in [-0.39, 0.29) is 11.8 Å². The molecule has 0 unspecified atom stereocenters. The highest BCUT2D eigenvalue weighted by molar-refractivity contribution is 6.06. The smallest absolute Gasteiger partial charge is 0.255 e. The fourth-order valence-corrected chi connectivity index (χ4v) is 2.08. The average Bonchev–Trinajstić information content (AvgIpc) is 2.56. The van der Waals surface area contributed by atoms with Gasteiger partial charge in [-0.3, -0.25) is 9.59 Å². The second kappa shape index (κ2) is 7.45. The van der Waals surface area contributed by atoms with Gasteiger partial charge in [0.2, 0.25) is 5.91 Å². The molecule has 0 radical (unpaired) electrons. The first-order valence-corrected chi connectivity index (χ1v) is 7.39. The summed E-state index contributed by atoms with van der Waals surface area (Å²) in [5.74, 6) is 0.247. The van der Waals surface area contributed by atoms with Gasteiger partial charge in [0.15, 0.2) is 0 Å². The van der Waals surface area contributed by atoms with Gasteiger partial charge in [-0.05, 0) is 42.8 Å². The maximum Gasteiger partial charge on any atom is 0.255 e. The van der Waals surface area contributed by atoms with Crippen LogP contribution >= 0.6 is 0 Å². The molecule has 2 aromatic carbocycles. The van der Waals surface area contributed by atoms with E-state index in [9.17, 15) is 9.59 Å². The molecule has 0 aliphatic heterocycles. The predicted molar refractivity (Wildman–Crippen MR) is 91.0 cm³/mol. The number of benzene rings is 2. The second-order valence-corrected chi connectivity index (χ2v) is 5.14. The number of amides is 2. The first kappa shape index (κ1) is 16.5. The molecule has 2 N–H and O–H groups in total. The molecule has 0 fully saturated rings. The zero-order valence-corrected chi connectivity index (χ0v) is 13.5. The van der Waals surface area contributed by atoms with Crippen LogP contribution in [0.25, 0.3) is 0 Å². The average molecular weight is 312 g/mol. The molecule has 120 valence electrons. The third kappa shape index (κ3) is 4.32. The summed E-state index contributed by atoms with van der Waals surface area (Å²) in [5.41, 5.74) is 2.71. The highest BCUT2D eigenvalue weighted by Gasteiger charge is 2.11. The summed E-state index contributed by atoms with van der Waals surface area (Å²) in [5, 5.41) is 5.56. The molecule has 0 saturated carbocycles. The molecular formula is C18H20N2O3. The van der Waals surface area contributed by atoms with Crippen molar-refractivity contribution in [3.8, 4) is 5.75 Å². The first-order chi connectivity index (χ1) is 11.0. The van der Waals surface area contributed by atoms with Crippen LogP contribution in [0.3, 0.4) is 0 Å². The van der Waals surface area contributed by atoms with Crippen molar-refractivity contribution >= 4 is 23.2 Å². The minimum Gasteiger partial charge on any atom is -0.495 e. The Morgan fingerprint density at radius 2 is 1.87 bits per heavy atom. The molecule has 23 heavy (non-hydrogen) atoms. The van der Waals surface area contributed by atoms with Gasteiger partial charge in [0.05, 0.1) is 12.8 Å². The van der Waals surface area contributed by atoms with Gasteiger partial charge in [0, 0.05) is 17.7 Å². The Kier molecular flexibility index (Phi) is 5.36. The lowest BCUT2D eigenvalue weighted by molar-refractivity contribution is -0.115. The topological polar surface area (TPSA) is 67.4 Å². The van der Waals surface area contributed by atoms with Crippen LogP contribution in [0.4, 0.5) is 11.4 Å². The number of ether oxygens (including phenoxy) is 1. The van der Waals surface area contributed by atoms with Crippen LogP contribution in [0.1, 0.15) is 29.3 Å². The summed E-state index contributed by atoms with van der Waals surface area (Å²) in [6.45, 7) is 3.73. The highest BCUT2D eigenvalue weighted by Crippen LogP contribution is 2.26. The second-order valence-electron chi connectivity index (χ2n) is 5.14. The Hall–Kier alpha value is -2.82. The van der Waals surface area contributed by atoms with Crippen LogP contribution in [-0.2, 0) is 4.79 Å². The van der Waals surface area contributed by atoms with Crippen molar-refractivity contribution < 1.29 is 14.3 Å². The van der Waals surface area contributed by atoms with Crippen LogP contribution in [0.2, 0.25) is 0 Å². The maximum atomic E-state index is 12.4. The van der Waals surface area contributed by atoms with Crippen LogP contribution in [-0.4, -0.2) is 18.9 Å². The summed E-state index contributed by atoms with van der Waals surface area (Å²) in [6, 6.07) is 12.4. The van der Waals surface area contributed by atoms with Gasteiger partial charge in [-0.1, -0.05) is 19.1 Å². The molecule has 5 nitrogen and oxygen atoms in total. The third-order valence-corrected chi connectivity index (χ3v) is 3.33. The third-order valence-electron chi connectivity index (χ3n) is 3.33. The van der Waals surface area contributed by atoms with E-state index in [0.29, 0.717) is 29.1 Å². The van der Waals surface area contributed by atoms with Gasteiger partial charge < -0.3 is 15.4 Å². The number of carbonyl (C=O) groups is 2. The molecule has 0 aliphatic carbocycles. The van der Waals surface area contributed by atoms with Crippen molar-refractivity contribution in [1.82, 2.24) is 0 Å². The summed E-state index contributed by atoms with van der Waals surface area (Å²) in [6.07, 6.45) is 0.386. The van der Waals surface area contributed by atoms with E-state index in [1.807, 2.05) is 19.1 Å². The molecule has 0 atom stereocenters. The minimum atomic E-state index is -0.264. The number of hydrogen-bond acceptors (Lipinski definition) is 3. The number of methoxy groups -OCH3 is 1. The largest absolute Gasteiger partial charge is 0.495 e. The molecule has 2 aromatic rings. The lowest BCUT2D eigenvalue weighted by atomic mass is 10.1. The van der Waals surface area contributed by atoms with Gasteiger partial charge >= 0.3 is 0 Å². The lowest BCUT2D eigenvalue weighted by Gasteiger charge is -2.11. The zero-order chi connectivity index (χ0) is 16.8. The van der Waals surface area contributed by atoms with Crippen LogP contribution < -0.4 is 15.4 Å². The highest BCUT2D eigenvalue weighted by atomic mass is 16.5. The first-order valence-electron chi connectivity index (χ1n) is 7.39. The van der Waals surface area contributed by atoms with Crippen molar-refractivity contribution in [2.45, 2.75) is 20.3 Å². The van der Waals surface area contributed by atoms with Crippen LogP contribution in [0.15, 0.2) is 42.5 Å². The van der Waals surface area contributed by atoms with Crippen LogP contribution in [0.5, 0.6) is 5.75 Å². The summed E-state index contributed by atoms with van der Waals surface area (Å²) >= 11 is 0. The van der Waals surface area contributed by atoms with Crippen molar-refractivity contribution in [2.75, 3.05) is 17.7 Å². The van der Waals surface area contributed by atoms with E-state index in [0.717, 1.165) is 5.56 Å². The van der Waals surface area contributed by atoms with E-state index in [1.54, 1.807) is 44.4 Å². The zero-order valence-electron chi connectivity index (χ0n) is 13.5. The normalized spacial score (nSPS) is 10.0. The Labute approximate surface area is 135 Å². The molecule has 0 spiro atoms. The molecule has 0 saturated heterocycles. The van der Waals surface area contributed by atoms with Crippen molar-refractivity contribution in [2.24, 2.45) is 0 Å². The van der Waals surface area contributed by atoms with Crippen molar-refractivity contribution in [3.63, 3.8) is 0 Å². The SMILES string of the molecule is CCC(=O)Nc1cccc(C(=O)Nc2ccc(C)cc2OC)c1. The molecule has 0 aliphatic rings. The number of rotatable bonds is 5. The van der Waals surface area contributed by atoms with Gasteiger partial charge in [-0.2, -0.15) is 0 Å². The van der Waals surface area contributed by atoms with E-state index >= 15 is 0 Å². The van der Waals surface area contributed by atoms with Gasteiger partial charge in [-0.25, -0.2) is 0 Å². The van der Waals surface area contributed by atoms with E-state index in [4.69, 9.17) is 4.74 Å². The maximum absolute atomic E-state index is 12.4. The molecule has 0 aromatic heterocycles. The lowest BCUT2D eigenvalue weighted by Crippen LogP contribution is -2.14.